The minimum atomic E-state index is -0.818. The molecule has 1 heterocycles. The van der Waals surface area contributed by atoms with Crippen molar-refractivity contribution in [3.05, 3.63) is 21.9 Å². The van der Waals surface area contributed by atoms with Gasteiger partial charge in [0, 0.05) is 10.3 Å². The average Bonchev–Trinajstić information content (AvgIpc) is 2.61. The molecule has 0 radical (unpaired) electrons. The van der Waals surface area contributed by atoms with Gasteiger partial charge in [-0.1, -0.05) is 26.2 Å². The molecule has 1 rings (SSSR count). The van der Waals surface area contributed by atoms with Crippen LogP contribution in [0.25, 0.3) is 0 Å². The highest BCUT2D eigenvalue weighted by molar-refractivity contribution is 7.10. The van der Waals surface area contributed by atoms with E-state index in [1.807, 2.05) is 0 Å². The number of rotatable bonds is 6. The third-order valence-corrected chi connectivity index (χ3v) is 3.17. The molecule has 14 heavy (non-hydrogen) atoms. The van der Waals surface area contributed by atoms with Crippen LogP contribution in [-0.4, -0.2) is 11.1 Å². The molecule has 1 aromatic heterocycles. The van der Waals surface area contributed by atoms with Crippen molar-refractivity contribution in [3.63, 3.8) is 0 Å². The van der Waals surface area contributed by atoms with Crippen molar-refractivity contribution in [3.8, 4) is 0 Å². The van der Waals surface area contributed by atoms with Gasteiger partial charge < -0.3 is 5.11 Å². The Labute approximate surface area is 88.6 Å². The van der Waals surface area contributed by atoms with Crippen LogP contribution in [0.2, 0.25) is 0 Å². The molecule has 0 atom stereocenters. The van der Waals surface area contributed by atoms with Crippen LogP contribution >= 0.6 is 11.3 Å². The summed E-state index contributed by atoms with van der Waals surface area (Å²) in [6, 6.07) is 1.79. The normalized spacial score (nSPS) is 10.4. The Morgan fingerprint density at radius 3 is 2.79 bits per heavy atom. The summed E-state index contributed by atoms with van der Waals surface area (Å²) < 4.78 is 0. The monoisotopic (exact) mass is 212 g/mol. The summed E-state index contributed by atoms with van der Waals surface area (Å²) in [6.45, 7) is 2.19. The predicted molar refractivity (Wildman–Crippen MR) is 59.1 cm³/mol. The van der Waals surface area contributed by atoms with E-state index < -0.39 is 5.97 Å². The molecule has 2 nitrogen and oxygen atoms in total. The van der Waals surface area contributed by atoms with Crippen molar-refractivity contribution in [1.82, 2.24) is 0 Å². The SMILES string of the molecule is CCCCCCc1cc(C(=O)O)cs1. The lowest BCUT2D eigenvalue weighted by atomic mass is 10.1. The van der Waals surface area contributed by atoms with Crippen molar-refractivity contribution < 1.29 is 9.90 Å². The molecule has 0 aliphatic rings. The molecule has 78 valence electrons. The van der Waals surface area contributed by atoms with Crippen molar-refractivity contribution in [2.24, 2.45) is 0 Å². The lowest BCUT2D eigenvalue weighted by Gasteiger charge is -1.96. The number of thiophene rings is 1. The largest absolute Gasteiger partial charge is 0.478 e. The Hall–Kier alpha value is -0.830. The zero-order valence-corrected chi connectivity index (χ0v) is 9.27. The van der Waals surface area contributed by atoms with Gasteiger partial charge in [0.25, 0.3) is 0 Å². The number of aromatic carboxylic acids is 1. The molecule has 0 bridgehead atoms. The molecule has 1 aromatic rings. The van der Waals surface area contributed by atoms with Gasteiger partial charge in [0.2, 0.25) is 0 Å². The van der Waals surface area contributed by atoms with Crippen LogP contribution in [-0.2, 0) is 6.42 Å². The Morgan fingerprint density at radius 1 is 1.43 bits per heavy atom. The fourth-order valence-corrected chi connectivity index (χ4v) is 2.25. The van der Waals surface area contributed by atoms with E-state index in [9.17, 15) is 4.79 Å². The molecule has 1 N–H and O–H groups in total. The molecule has 0 aromatic carbocycles. The van der Waals surface area contributed by atoms with E-state index in [1.54, 1.807) is 22.8 Å². The fraction of sp³-hybridized carbons (Fsp3) is 0.545. The number of carbonyl (C=O) groups is 1. The van der Waals surface area contributed by atoms with Gasteiger partial charge >= 0.3 is 5.97 Å². The van der Waals surface area contributed by atoms with Crippen LogP contribution in [0.15, 0.2) is 11.4 Å². The first kappa shape index (κ1) is 11.2. The fourth-order valence-electron chi connectivity index (χ4n) is 1.35. The quantitative estimate of drug-likeness (QED) is 0.732. The Bertz CT molecular complexity index is 291. The third kappa shape index (κ3) is 3.50. The Kier molecular flexibility index (Phi) is 4.66. The highest BCUT2D eigenvalue weighted by atomic mass is 32.1. The summed E-state index contributed by atoms with van der Waals surface area (Å²) >= 11 is 1.56. The van der Waals surface area contributed by atoms with Crippen LogP contribution in [0.1, 0.15) is 47.8 Å². The number of aryl methyl sites for hydroxylation is 1. The Morgan fingerprint density at radius 2 is 2.21 bits per heavy atom. The van der Waals surface area contributed by atoms with Crippen molar-refractivity contribution in [1.29, 1.82) is 0 Å². The van der Waals surface area contributed by atoms with Crippen LogP contribution in [0.4, 0.5) is 0 Å². The lowest BCUT2D eigenvalue weighted by molar-refractivity contribution is 0.0697. The van der Waals surface area contributed by atoms with E-state index in [0.29, 0.717) is 5.56 Å². The number of unbranched alkanes of at least 4 members (excludes halogenated alkanes) is 3. The summed E-state index contributed by atoms with van der Waals surface area (Å²) in [7, 11) is 0. The van der Waals surface area contributed by atoms with E-state index in [2.05, 4.69) is 6.92 Å². The molecule has 0 fully saturated rings. The van der Waals surface area contributed by atoms with Crippen LogP contribution < -0.4 is 0 Å². The van der Waals surface area contributed by atoms with Gasteiger partial charge in [0.1, 0.15) is 0 Å². The predicted octanol–water partition coefficient (Wildman–Crippen LogP) is 3.57. The van der Waals surface area contributed by atoms with Crippen LogP contribution in [0.5, 0.6) is 0 Å². The maximum Gasteiger partial charge on any atom is 0.336 e. The first-order valence-electron chi connectivity index (χ1n) is 5.04. The average molecular weight is 212 g/mol. The second kappa shape index (κ2) is 5.81. The summed E-state index contributed by atoms with van der Waals surface area (Å²) in [5, 5.41) is 10.4. The summed E-state index contributed by atoms with van der Waals surface area (Å²) in [6.07, 6.45) is 5.96. The van der Waals surface area contributed by atoms with Gasteiger partial charge in [-0.15, -0.1) is 11.3 Å². The molecule has 0 spiro atoms. The molecule has 0 unspecified atom stereocenters. The zero-order valence-electron chi connectivity index (χ0n) is 8.45. The van der Waals surface area contributed by atoms with E-state index in [1.165, 1.54) is 30.6 Å². The first-order valence-corrected chi connectivity index (χ1v) is 5.92. The molecule has 0 saturated heterocycles. The van der Waals surface area contributed by atoms with Crippen molar-refractivity contribution in [2.45, 2.75) is 39.0 Å². The second-order valence-corrected chi connectivity index (χ2v) is 4.41. The highest BCUT2D eigenvalue weighted by Crippen LogP contribution is 2.17. The van der Waals surface area contributed by atoms with Gasteiger partial charge in [0.05, 0.1) is 5.56 Å². The van der Waals surface area contributed by atoms with E-state index in [0.717, 1.165) is 6.42 Å². The van der Waals surface area contributed by atoms with Crippen LogP contribution in [0.3, 0.4) is 0 Å². The lowest BCUT2D eigenvalue weighted by Crippen LogP contribution is -1.92. The van der Waals surface area contributed by atoms with Crippen molar-refractivity contribution in [2.75, 3.05) is 0 Å². The van der Waals surface area contributed by atoms with Gasteiger partial charge in [-0.05, 0) is 18.9 Å². The zero-order chi connectivity index (χ0) is 10.4. The molecule has 0 amide bonds. The van der Waals surface area contributed by atoms with Gasteiger partial charge in [-0.3, -0.25) is 0 Å². The highest BCUT2D eigenvalue weighted by Gasteiger charge is 2.05. The molecular weight excluding hydrogens is 196 g/mol. The number of carboxylic acid groups (broad SMARTS) is 1. The Balaban J connectivity index is 2.33. The number of hydrogen-bond donors (Lipinski definition) is 1. The second-order valence-electron chi connectivity index (χ2n) is 3.42. The number of hydrogen-bond acceptors (Lipinski definition) is 2. The van der Waals surface area contributed by atoms with E-state index >= 15 is 0 Å². The summed E-state index contributed by atoms with van der Waals surface area (Å²) in [5.74, 6) is -0.818. The summed E-state index contributed by atoms with van der Waals surface area (Å²) in [4.78, 5) is 11.8. The molecule has 0 saturated carbocycles. The minimum absolute atomic E-state index is 0.431. The maximum absolute atomic E-state index is 10.6. The van der Waals surface area contributed by atoms with Crippen LogP contribution in [0, 0.1) is 0 Å². The number of carboxylic acids is 1. The van der Waals surface area contributed by atoms with Gasteiger partial charge in [0.15, 0.2) is 0 Å². The first-order chi connectivity index (χ1) is 6.74. The molecular formula is C11H16O2S. The standard InChI is InChI=1S/C11H16O2S/c1-2-3-4-5-6-10-7-9(8-14-10)11(12)13/h7-8H,2-6H2,1H3,(H,12,13). The molecule has 0 aliphatic heterocycles. The van der Waals surface area contributed by atoms with Crippen molar-refractivity contribution >= 4 is 17.3 Å². The minimum Gasteiger partial charge on any atom is -0.478 e. The summed E-state index contributed by atoms with van der Waals surface area (Å²) in [5.41, 5.74) is 0.431. The smallest absolute Gasteiger partial charge is 0.336 e. The topological polar surface area (TPSA) is 37.3 Å². The van der Waals surface area contributed by atoms with Gasteiger partial charge in [-0.2, -0.15) is 0 Å². The van der Waals surface area contributed by atoms with E-state index in [-0.39, 0.29) is 0 Å². The van der Waals surface area contributed by atoms with E-state index in [4.69, 9.17) is 5.11 Å². The molecule has 0 aliphatic carbocycles. The third-order valence-electron chi connectivity index (χ3n) is 2.18. The van der Waals surface area contributed by atoms with Gasteiger partial charge in [-0.25, -0.2) is 4.79 Å². The maximum atomic E-state index is 10.6. The molecule has 3 heteroatoms.